The van der Waals surface area contributed by atoms with E-state index >= 15 is 0 Å². The summed E-state index contributed by atoms with van der Waals surface area (Å²) >= 11 is 0. The van der Waals surface area contributed by atoms with Crippen molar-refractivity contribution in [2.24, 2.45) is 0 Å². The lowest BCUT2D eigenvalue weighted by Gasteiger charge is -2.21. The summed E-state index contributed by atoms with van der Waals surface area (Å²) in [5.41, 5.74) is 0.549. The molecule has 2 aliphatic rings. The minimum Gasteiger partial charge on any atom is -0.370 e. The van der Waals surface area contributed by atoms with Gasteiger partial charge < -0.3 is 10.2 Å². The molecule has 2 aliphatic heterocycles. The average molecular weight is 390 g/mol. The molecule has 27 heavy (non-hydrogen) atoms. The molecule has 0 aromatic heterocycles. The van der Waals surface area contributed by atoms with Gasteiger partial charge in [-0.25, -0.2) is 17.2 Å². The van der Waals surface area contributed by atoms with Gasteiger partial charge >= 0.3 is 0 Å². The molecule has 0 spiro atoms. The SMILES string of the molecule is O=C(Nc1ccc(F)cc1F)C1=C(N2CCCC2)c2ccccc2S1(=O)=O. The van der Waals surface area contributed by atoms with Gasteiger partial charge in [0.1, 0.15) is 11.6 Å². The summed E-state index contributed by atoms with van der Waals surface area (Å²) in [6.45, 7) is 1.28. The number of nitrogens with zero attached hydrogens (tertiary/aromatic N) is 1. The standard InChI is InChI=1S/C19H16F2N2O3S/c20-12-7-8-15(14(21)11-12)22-19(24)18-17(23-9-3-4-10-23)13-5-1-2-6-16(13)27(18,25)26/h1-2,5-8,11H,3-4,9-10H2,(H,22,24). The number of likely N-dealkylation sites (tertiary alicyclic amines) is 1. The van der Waals surface area contributed by atoms with E-state index in [9.17, 15) is 22.0 Å². The van der Waals surface area contributed by atoms with Gasteiger partial charge in [0.05, 0.1) is 16.3 Å². The second-order valence-corrected chi connectivity index (χ2v) is 8.30. The molecule has 0 radical (unpaired) electrons. The predicted octanol–water partition coefficient (Wildman–Crippen LogP) is 3.16. The fourth-order valence-corrected chi connectivity index (χ4v) is 5.23. The number of hydrogen-bond acceptors (Lipinski definition) is 4. The third-order valence-electron chi connectivity index (χ3n) is 4.72. The van der Waals surface area contributed by atoms with Crippen molar-refractivity contribution < 1.29 is 22.0 Å². The smallest absolute Gasteiger partial charge is 0.269 e. The van der Waals surface area contributed by atoms with Crippen molar-refractivity contribution in [3.8, 4) is 0 Å². The summed E-state index contributed by atoms with van der Waals surface area (Å²) in [7, 11) is -4.04. The Kier molecular flexibility index (Phi) is 4.22. The number of halogens is 2. The molecule has 1 saturated heterocycles. The van der Waals surface area contributed by atoms with Crippen LogP contribution in [0.25, 0.3) is 5.70 Å². The zero-order valence-corrected chi connectivity index (χ0v) is 15.0. The molecule has 8 heteroatoms. The second-order valence-electron chi connectivity index (χ2n) is 6.45. The van der Waals surface area contributed by atoms with E-state index in [1.165, 1.54) is 6.07 Å². The van der Waals surface area contributed by atoms with Gasteiger partial charge in [-0.15, -0.1) is 0 Å². The summed E-state index contributed by atoms with van der Waals surface area (Å²) in [5, 5.41) is 2.28. The zero-order valence-electron chi connectivity index (χ0n) is 14.2. The van der Waals surface area contributed by atoms with E-state index in [4.69, 9.17) is 0 Å². The monoisotopic (exact) mass is 390 g/mol. The molecule has 0 aliphatic carbocycles. The van der Waals surface area contributed by atoms with Crippen molar-refractivity contribution in [1.29, 1.82) is 0 Å². The van der Waals surface area contributed by atoms with Crippen LogP contribution in [0, 0.1) is 11.6 Å². The fourth-order valence-electron chi connectivity index (χ4n) is 3.51. The number of hydrogen-bond donors (Lipinski definition) is 1. The van der Waals surface area contributed by atoms with Crippen LogP contribution in [0.5, 0.6) is 0 Å². The first-order valence-corrected chi connectivity index (χ1v) is 9.98. The van der Waals surface area contributed by atoms with Gasteiger partial charge in [0.25, 0.3) is 5.91 Å². The molecule has 1 N–H and O–H groups in total. The minimum atomic E-state index is -4.04. The molecule has 2 heterocycles. The third kappa shape index (κ3) is 2.90. The van der Waals surface area contributed by atoms with E-state index in [1.807, 2.05) is 4.90 Å². The lowest BCUT2D eigenvalue weighted by Crippen LogP contribution is -2.24. The van der Waals surface area contributed by atoms with E-state index in [1.54, 1.807) is 18.2 Å². The summed E-state index contributed by atoms with van der Waals surface area (Å²) in [6, 6.07) is 9.12. The molecular weight excluding hydrogens is 374 g/mol. The van der Waals surface area contributed by atoms with Gasteiger partial charge in [0, 0.05) is 24.7 Å². The Bertz CT molecular complexity index is 1070. The molecule has 0 saturated carbocycles. The van der Waals surface area contributed by atoms with E-state index in [0.29, 0.717) is 30.4 Å². The van der Waals surface area contributed by atoms with E-state index in [-0.39, 0.29) is 10.6 Å². The average Bonchev–Trinajstić information content (AvgIpc) is 3.22. The van der Waals surface area contributed by atoms with Crippen LogP contribution < -0.4 is 5.32 Å². The third-order valence-corrected chi connectivity index (χ3v) is 6.57. The summed E-state index contributed by atoms with van der Waals surface area (Å²) in [6.07, 6.45) is 1.79. The minimum absolute atomic E-state index is 0.0663. The Hall–Kier alpha value is -2.74. The number of carbonyl (C=O) groups excluding carboxylic acids is 1. The summed E-state index contributed by atoms with van der Waals surface area (Å²) < 4.78 is 53.1. The Morgan fingerprint density at radius 1 is 1.04 bits per heavy atom. The van der Waals surface area contributed by atoms with Crippen molar-refractivity contribution in [1.82, 2.24) is 4.90 Å². The van der Waals surface area contributed by atoms with E-state index in [0.717, 1.165) is 25.0 Å². The van der Waals surface area contributed by atoms with Crippen LogP contribution in [-0.2, 0) is 14.6 Å². The topological polar surface area (TPSA) is 66.5 Å². The highest BCUT2D eigenvalue weighted by atomic mass is 32.2. The first-order chi connectivity index (χ1) is 12.9. The summed E-state index contributed by atoms with van der Waals surface area (Å²) in [5.74, 6) is -2.69. The number of anilines is 1. The maximum Gasteiger partial charge on any atom is 0.269 e. The number of carbonyl (C=O) groups is 1. The Labute approximate surface area is 155 Å². The number of sulfone groups is 1. The van der Waals surface area contributed by atoms with Crippen LogP contribution >= 0.6 is 0 Å². The molecule has 5 nitrogen and oxygen atoms in total. The normalized spacial score (nSPS) is 17.9. The lowest BCUT2D eigenvalue weighted by molar-refractivity contribution is -0.112. The van der Waals surface area contributed by atoms with Crippen LogP contribution in [0.15, 0.2) is 52.3 Å². The van der Waals surface area contributed by atoms with Gasteiger partial charge in [-0.3, -0.25) is 4.79 Å². The van der Waals surface area contributed by atoms with Crippen molar-refractivity contribution >= 4 is 27.1 Å². The molecular formula is C19H16F2N2O3S. The number of fused-ring (bicyclic) bond motifs is 1. The second kappa shape index (κ2) is 6.45. The van der Waals surface area contributed by atoms with E-state index < -0.39 is 32.3 Å². The van der Waals surface area contributed by atoms with Crippen LogP contribution in [0.4, 0.5) is 14.5 Å². The molecule has 4 rings (SSSR count). The molecule has 1 fully saturated rings. The Morgan fingerprint density at radius 2 is 1.74 bits per heavy atom. The van der Waals surface area contributed by atoms with Crippen LogP contribution in [0.3, 0.4) is 0 Å². The molecule has 0 unspecified atom stereocenters. The highest BCUT2D eigenvalue weighted by Crippen LogP contribution is 2.42. The molecule has 1 amide bonds. The maximum atomic E-state index is 13.9. The Balaban J connectivity index is 1.82. The fraction of sp³-hybridized carbons (Fsp3) is 0.211. The van der Waals surface area contributed by atoms with Gasteiger partial charge in [0.2, 0.25) is 9.84 Å². The van der Waals surface area contributed by atoms with Gasteiger partial charge in [-0.05, 0) is 31.0 Å². The zero-order chi connectivity index (χ0) is 19.2. The van der Waals surface area contributed by atoms with Crippen LogP contribution in [-0.4, -0.2) is 32.3 Å². The maximum absolute atomic E-state index is 13.9. The van der Waals surface area contributed by atoms with Gasteiger partial charge in [-0.2, -0.15) is 0 Å². The molecule has 0 bridgehead atoms. The molecule has 2 aromatic rings. The van der Waals surface area contributed by atoms with Crippen LogP contribution in [0.2, 0.25) is 0 Å². The summed E-state index contributed by atoms with van der Waals surface area (Å²) in [4.78, 5) is 14.4. The van der Waals surface area contributed by atoms with Gasteiger partial charge in [-0.1, -0.05) is 18.2 Å². The molecule has 140 valence electrons. The van der Waals surface area contributed by atoms with Crippen LogP contribution in [0.1, 0.15) is 18.4 Å². The number of nitrogens with one attached hydrogen (secondary N) is 1. The number of benzene rings is 2. The van der Waals surface area contributed by atoms with E-state index in [2.05, 4.69) is 5.32 Å². The Morgan fingerprint density at radius 3 is 2.44 bits per heavy atom. The number of rotatable bonds is 3. The first kappa shape index (κ1) is 17.7. The van der Waals surface area contributed by atoms with Gasteiger partial charge in [0.15, 0.2) is 4.91 Å². The van der Waals surface area contributed by atoms with Crippen molar-refractivity contribution in [2.75, 3.05) is 18.4 Å². The first-order valence-electron chi connectivity index (χ1n) is 8.50. The highest BCUT2D eigenvalue weighted by molar-refractivity contribution is 7.97. The van der Waals surface area contributed by atoms with Crippen molar-refractivity contribution in [3.05, 3.63) is 64.6 Å². The van der Waals surface area contributed by atoms with Crippen molar-refractivity contribution in [2.45, 2.75) is 17.7 Å². The quantitative estimate of drug-likeness (QED) is 0.874. The van der Waals surface area contributed by atoms with Crippen molar-refractivity contribution in [3.63, 3.8) is 0 Å². The largest absolute Gasteiger partial charge is 0.370 e. The molecule has 0 atom stereocenters. The highest BCUT2D eigenvalue weighted by Gasteiger charge is 2.42. The molecule has 2 aromatic carbocycles. The lowest BCUT2D eigenvalue weighted by atomic mass is 10.1. The number of amides is 1. The predicted molar refractivity (Wildman–Crippen MR) is 96.3 cm³/mol.